The largest absolute Gasteiger partial charge is 0.340 e. The first kappa shape index (κ1) is 13.7. The number of benzene rings is 1. The summed E-state index contributed by atoms with van der Waals surface area (Å²) < 4.78 is 13.7. The molecule has 0 aliphatic rings. The minimum absolute atomic E-state index is 0.0847. The number of thiazole rings is 1. The van der Waals surface area contributed by atoms with Crippen LogP contribution in [0.4, 0.5) is 4.39 Å². The molecule has 1 amide bonds. The topological polar surface area (TPSA) is 33.2 Å². The van der Waals surface area contributed by atoms with Crippen LogP contribution in [0.15, 0.2) is 29.9 Å². The number of rotatable bonds is 4. The van der Waals surface area contributed by atoms with Crippen molar-refractivity contribution in [2.75, 3.05) is 7.05 Å². The van der Waals surface area contributed by atoms with Gasteiger partial charge in [-0.05, 0) is 24.1 Å². The smallest absolute Gasteiger partial charge is 0.227 e. The highest BCUT2D eigenvalue weighted by molar-refractivity contribution is 7.09. The SMILES string of the molecule is Cc1ccc(CC(=O)N(C)Cc2cncs2)c(F)c1. The van der Waals surface area contributed by atoms with Crippen LogP contribution in [-0.4, -0.2) is 22.8 Å². The first-order valence-electron chi connectivity index (χ1n) is 5.92. The molecule has 0 fully saturated rings. The Morgan fingerprint density at radius 1 is 1.47 bits per heavy atom. The van der Waals surface area contributed by atoms with Crippen LogP contribution in [0.2, 0.25) is 0 Å². The fourth-order valence-electron chi connectivity index (χ4n) is 1.74. The number of hydrogen-bond donors (Lipinski definition) is 0. The lowest BCUT2D eigenvalue weighted by molar-refractivity contribution is -0.129. The zero-order valence-corrected chi connectivity index (χ0v) is 11.7. The monoisotopic (exact) mass is 278 g/mol. The number of aryl methyl sites for hydroxylation is 1. The maximum atomic E-state index is 13.7. The van der Waals surface area contributed by atoms with E-state index in [1.165, 1.54) is 17.4 Å². The zero-order chi connectivity index (χ0) is 13.8. The molecule has 2 aromatic rings. The third-order valence-corrected chi connectivity index (χ3v) is 3.62. The van der Waals surface area contributed by atoms with E-state index in [9.17, 15) is 9.18 Å². The van der Waals surface area contributed by atoms with Crippen LogP contribution in [-0.2, 0) is 17.8 Å². The van der Waals surface area contributed by atoms with Crippen LogP contribution in [0, 0.1) is 12.7 Å². The summed E-state index contributed by atoms with van der Waals surface area (Å²) in [6.45, 7) is 2.33. The van der Waals surface area contributed by atoms with E-state index in [1.54, 1.807) is 29.7 Å². The number of carbonyl (C=O) groups excluding carboxylic acids is 1. The molecule has 19 heavy (non-hydrogen) atoms. The highest BCUT2D eigenvalue weighted by Crippen LogP contribution is 2.13. The van der Waals surface area contributed by atoms with Gasteiger partial charge in [0.25, 0.3) is 0 Å². The van der Waals surface area contributed by atoms with Crippen LogP contribution >= 0.6 is 11.3 Å². The Kier molecular flexibility index (Phi) is 4.27. The zero-order valence-electron chi connectivity index (χ0n) is 10.9. The molecule has 1 aromatic heterocycles. The van der Waals surface area contributed by atoms with Gasteiger partial charge in [-0.1, -0.05) is 12.1 Å². The molecule has 0 saturated carbocycles. The van der Waals surface area contributed by atoms with Crippen LogP contribution in [0.5, 0.6) is 0 Å². The van der Waals surface area contributed by atoms with Crippen molar-refractivity contribution in [1.82, 2.24) is 9.88 Å². The summed E-state index contributed by atoms with van der Waals surface area (Å²) in [5, 5.41) is 0. The Labute approximate surface area is 115 Å². The number of likely N-dealkylation sites (N-methyl/N-ethyl adjacent to an activating group) is 1. The van der Waals surface area contributed by atoms with E-state index >= 15 is 0 Å². The van der Waals surface area contributed by atoms with Crippen molar-refractivity contribution in [3.8, 4) is 0 Å². The van der Waals surface area contributed by atoms with E-state index in [2.05, 4.69) is 4.98 Å². The number of aromatic nitrogens is 1. The first-order valence-corrected chi connectivity index (χ1v) is 6.80. The van der Waals surface area contributed by atoms with Gasteiger partial charge in [0.1, 0.15) is 5.82 Å². The van der Waals surface area contributed by atoms with Gasteiger partial charge in [0.15, 0.2) is 0 Å². The summed E-state index contributed by atoms with van der Waals surface area (Å²) in [6.07, 6.45) is 1.82. The molecule has 0 aliphatic heterocycles. The predicted octanol–water partition coefficient (Wildman–Crippen LogP) is 2.79. The molecular weight excluding hydrogens is 263 g/mol. The van der Waals surface area contributed by atoms with E-state index in [0.717, 1.165) is 10.4 Å². The second-order valence-corrected chi connectivity index (χ2v) is 5.46. The summed E-state index contributed by atoms with van der Waals surface area (Å²) in [5.41, 5.74) is 3.02. The van der Waals surface area contributed by atoms with Gasteiger partial charge in [0.2, 0.25) is 5.91 Å². The maximum Gasteiger partial charge on any atom is 0.227 e. The molecule has 0 radical (unpaired) electrons. The van der Waals surface area contributed by atoms with Gasteiger partial charge in [-0.2, -0.15) is 0 Å². The summed E-state index contributed by atoms with van der Waals surface area (Å²) in [6, 6.07) is 4.93. The van der Waals surface area contributed by atoms with Gasteiger partial charge >= 0.3 is 0 Å². The van der Waals surface area contributed by atoms with Gasteiger partial charge in [-0.15, -0.1) is 11.3 Å². The van der Waals surface area contributed by atoms with E-state index in [1.807, 2.05) is 13.0 Å². The normalized spacial score (nSPS) is 10.5. The molecule has 5 heteroatoms. The standard InChI is InChI=1S/C14H15FN2OS/c1-10-3-4-11(13(15)5-10)6-14(18)17(2)8-12-7-16-9-19-12/h3-5,7,9H,6,8H2,1-2H3. The van der Waals surface area contributed by atoms with Gasteiger partial charge < -0.3 is 4.90 Å². The van der Waals surface area contributed by atoms with Crippen LogP contribution in [0.3, 0.4) is 0 Å². The molecule has 0 atom stereocenters. The van der Waals surface area contributed by atoms with Crippen molar-refractivity contribution in [3.63, 3.8) is 0 Å². The number of hydrogen-bond acceptors (Lipinski definition) is 3. The minimum Gasteiger partial charge on any atom is -0.340 e. The lowest BCUT2D eigenvalue weighted by atomic mass is 10.1. The molecule has 100 valence electrons. The van der Waals surface area contributed by atoms with Crippen molar-refractivity contribution >= 4 is 17.2 Å². The Morgan fingerprint density at radius 2 is 2.26 bits per heavy atom. The highest BCUT2D eigenvalue weighted by Gasteiger charge is 2.13. The number of amides is 1. The lowest BCUT2D eigenvalue weighted by Crippen LogP contribution is -2.27. The average molecular weight is 278 g/mol. The van der Waals surface area contributed by atoms with Crippen LogP contribution < -0.4 is 0 Å². The lowest BCUT2D eigenvalue weighted by Gasteiger charge is -2.16. The summed E-state index contributed by atoms with van der Waals surface area (Å²) >= 11 is 1.50. The second-order valence-electron chi connectivity index (χ2n) is 4.49. The van der Waals surface area contributed by atoms with Gasteiger partial charge in [-0.25, -0.2) is 4.39 Å². The molecule has 1 heterocycles. The Bertz CT molecular complexity index is 569. The van der Waals surface area contributed by atoms with Crippen molar-refractivity contribution in [2.24, 2.45) is 0 Å². The third-order valence-electron chi connectivity index (χ3n) is 2.85. The van der Waals surface area contributed by atoms with Crippen LogP contribution in [0.25, 0.3) is 0 Å². The van der Waals surface area contributed by atoms with Crippen molar-refractivity contribution < 1.29 is 9.18 Å². The summed E-state index contributed by atoms with van der Waals surface area (Å²) in [5.74, 6) is -0.421. The Balaban J connectivity index is 2.00. The van der Waals surface area contributed by atoms with Crippen LogP contribution in [0.1, 0.15) is 16.0 Å². The highest BCUT2D eigenvalue weighted by atomic mass is 32.1. The third kappa shape index (κ3) is 3.61. The quantitative estimate of drug-likeness (QED) is 0.861. The minimum atomic E-state index is -0.320. The van der Waals surface area contributed by atoms with E-state index in [0.29, 0.717) is 12.1 Å². The number of nitrogens with zero attached hydrogens (tertiary/aromatic N) is 2. The van der Waals surface area contributed by atoms with Gasteiger partial charge in [0.05, 0.1) is 18.5 Å². The molecule has 0 unspecified atom stereocenters. The van der Waals surface area contributed by atoms with E-state index in [-0.39, 0.29) is 18.1 Å². The fourth-order valence-corrected chi connectivity index (χ4v) is 2.38. The molecule has 0 spiro atoms. The van der Waals surface area contributed by atoms with E-state index in [4.69, 9.17) is 0 Å². The molecular formula is C14H15FN2OS. The first-order chi connectivity index (χ1) is 9.06. The number of carbonyl (C=O) groups is 1. The number of halogens is 1. The van der Waals surface area contributed by atoms with Gasteiger partial charge in [0, 0.05) is 18.1 Å². The van der Waals surface area contributed by atoms with E-state index < -0.39 is 0 Å². The Hall–Kier alpha value is -1.75. The fraction of sp³-hybridized carbons (Fsp3) is 0.286. The summed E-state index contributed by atoms with van der Waals surface area (Å²) in [4.78, 5) is 18.6. The van der Waals surface area contributed by atoms with Crippen molar-refractivity contribution in [2.45, 2.75) is 19.9 Å². The molecule has 1 aromatic carbocycles. The molecule has 0 saturated heterocycles. The molecule has 0 bridgehead atoms. The average Bonchev–Trinajstić information content (AvgIpc) is 2.85. The van der Waals surface area contributed by atoms with Gasteiger partial charge in [-0.3, -0.25) is 9.78 Å². The Morgan fingerprint density at radius 3 is 2.89 bits per heavy atom. The predicted molar refractivity (Wildman–Crippen MR) is 73.4 cm³/mol. The van der Waals surface area contributed by atoms with Crippen molar-refractivity contribution in [1.29, 1.82) is 0 Å². The second kappa shape index (κ2) is 5.93. The maximum absolute atomic E-state index is 13.7. The molecule has 0 aliphatic carbocycles. The molecule has 2 rings (SSSR count). The molecule has 3 nitrogen and oxygen atoms in total. The van der Waals surface area contributed by atoms with Crippen molar-refractivity contribution in [3.05, 3.63) is 51.7 Å². The molecule has 0 N–H and O–H groups in total. The summed E-state index contributed by atoms with van der Waals surface area (Å²) in [7, 11) is 1.72.